The van der Waals surface area contributed by atoms with Crippen LogP contribution in [0.1, 0.15) is 35.6 Å². The van der Waals surface area contributed by atoms with E-state index in [1.54, 1.807) is 0 Å². The van der Waals surface area contributed by atoms with E-state index in [2.05, 4.69) is 16.3 Å². The van der Waals surface area contributed by atoms with Gasteiger partial charge in [0.2, 0.25) is 0 Å². The Bertz CT molecular complexity index is 931. The molecule has 3 aromatic carbocycles. The molecule has 1 aliphatic rings. The summed E-state index contributed by atoms with van der Waals surface area (Å²) in [6.07, 6.45) is 1.23. The van der Waals surface area contributed by atoms with Crippen LogP contribution in [0, 0.1) is 0 Å². The van der Waals surface area contributed by atoms with Gasteiger partial charge in [0.25, 0.3) is 0 Å². The smallest absolute Gasteiger partial charge is 0.408 e. The molecule has 1 aliphatic heterocycles. The van der Waals surface area contributed by atoms with Crippen LogP contribution in [0.3, 0.4) is 0 Å². The molecule has 1 amide bonds. The van der Waals surface area contributed by atoms with E-state index in [0.29, 0.717) is 0 Å². The second-order valence-electron chi connectivity index (χ2n) is 8.02. The molecule has 3 aromatic rings. The predicted molar refractivity (Wildman–Crippen MR) is 123 cm³/mol. The Kier molecular flexibility index (Phi) is 6.85. The third-order valence-electron chi connectivity index (χ3n) is 5.69. The van der Waals surface area contributed by atoms with Crippen LogP contribution in [0.5, 0.6) is 0 Å². The molecular weight excluding hydrogens is 386 g/mol. The number of piperidine rings is 1. The molecule has 4 rings (SSSR count). The van der Waals surface area contributed by atoms with Crippen molar-refractivity contribution in [1.82, 2.24) is 10.2 Å². The fourth-order valence-corrected chi connectivity index (χ4v) is 4.09. The molecular formula is C26H29N3O2. The van der Waals surface area contributed by atoms with E-state index >= 15 is 0 Å². The Morgan fingerprint density at radius 2 is 1.55 bits per heavy atom. The number of rotatable bonds is 6. The molecule has 0 bridgehead atoms. The zero-order valence-corrected chi connectivity index (χ0v) is 17.6. The number of nitrogens with two attached hydrogens (primary N) is 1. The molecule has 0 unspecified atom stereocenters. The highest BCUT2D eigenvalue weighted by Gasteiger charge is 2.24. The first kappa shape index (κ1) is 20.9. The van der Waals surface area contributed by atoms with E-state index in [9.17, 15) is 4.79 Å². The number of carbonyl (C=O) groups excluding carboxylic acids is 1. The molecule has 5 heteroatoms. The Hall–Kier alpha value is -3.31. The number of nitrogens with one attached hydrogen (secondary N) is 1. The SMILES string of the molecule is Nc1cccc(CN2CCC(OC(=O)NC(c3ccccc3)c3ccccc3)CC2)c1. The highest BCUT2D eigenvalue weighted by atomic mass is 16.6. The van der Waals surface area contributed by atoms with Crippen molar-refractivity contribution in [2.75, 3.05) is 18.8 Å². The number of hydrogen-bond donors (Lipinski definition) is 2. The lowest BCUT2D eigenvalue weighted by atomic mass is 9.99. The zero-order valence-electron chi connectivity index (χ0n) is 17.6. The number of nitrogens with zero attached hydrogens (tertiary/aromatic N) is 1. The normalized spacial score (nSPS) is 15.0. The van der Waals surface area contributed by atoms with Crippen molar-refractivity contribution in [3.8, 4) is 0 Å². The number of alkyl carbamates (subject to hydrolysis) is 1. The zero-order chi connectivity index (χ0) is 21.5. The van der Waals surface area contributed by atoms with Crippen LogP contribution in [0.4, 0.5) is 10.5 Å². The Morgan fingerprint density at radius 3 is 2.13 bits per heavy atom. The van der Waals surface area contributed by atoms with Gasteiger partial charge in [-0.25, -0.2) is 4.79 Å². The average Bonchev–Trinajstić information content (AvgIpc) is 2.80. The summed E-state index contributed by atoms with van der Waals surface area (Å²) in [5.41, 5.74) is 9.95. The highest BCUT2D eigenvalue weighted by Crippen LogP contribution is 2.23. The van der Waals surface area contributed by atoms with Gasteiger partial charge in [0.1, 0.15) is 6.10 Å². The number of hydrogen-bond acceptors (Lipinski definition) is 4. The van der Waals surface area contributed by atoms with Gasteiger partial charge in [0, 0.05) is 25.3 Å². The van der Waals surface area contributed by atoms with Crippen molar-refractivity contribution >= 4 is 11.8 Å². The first-order chi connectivity index (χ1) is 15.2. The monoisotopic (exact) mass is 415 g/mol. The van der Waals surface area contributed by atoms with Crippen LogP contribution in [-0.2, 0) is 11.3 Å². The number of nitrogen functional groups attached to an aromatic ring is 1. The number of anilines is 1. The summed E-state index contributed by atoms with van der Waals surface area (Å²) < 4.78 is 5.79. The van der Waals surface area contributed by atoms with Gasteiger partial charge >= 0.3 is 6.09 Å². The van der Waals surface area contributed by atoms with Gasteiger partial charge in [-0.3, -0.25) is 4.90 Å². The lowest BCUT2D eigenvalue weighted by Crippen LogP contribution is -2.40. The fourth-order valence-electron chi connectivity index (χ4n) is 4.09. The Balaban J connectivity index is 1.32. The van der Waals surface area contributed by atoms with Crippen LogP contribution < -0.4 is 11.1 Å². The second-order valence-corrected chi connectivity index (χ2v) is 8.02. The summed E-state index contributed by atoms with van der Waals surface area (Å²) in [4.78, 5) is 15.1. The van der Waals surface area contributed by atoms with Gasteiger partial charge in [-0.2, -0.15) is 0 Å². The van der Waals surface area contributed by atoms with Crippen LogP contribution in [0.25, 0.3) is 0 Å². The third kappa shape index (κ3) is 5.86. The Morgan fingerprint density at radius 1 is 0.935 bits per heavy atom. The maximum absolute atomic E-state index is 12.7. The van der Waals surface area contributed by atoms with Gasteiger partial charge < -0.3 is 15.8 Å². The van der Waals surface area contributed by atoms with Crippen molar-refractivity contribution in [1.29, 1.82) is 0 Å². The minimum Gasteiger partial charge on any atom is -0.446 e. The maximum Gasteiger partial charge on any atom is 0.408 e. The average molecular weight is 416 g/mol. The minimum atomic E-state index is -0.369. The number of amides is 1. The summed E-state index contributed by atoms with van der Waals surface area (Å²) in [7, 11) is 0. The molecule has 160 valence electrons. The van der Waals surface area contributed by atoms with Crippen LogP contribution in [0.2, 0.25) is 0 Å². The van der Waals surface area contributed by atoms with E-state index in [4.69, 9.17) is 10.5 Å². The largest absolute Gasteiger partial charge is 0.446 e. The predicted octanol–water partition coefficient (Wildman–Crippen LogP) is 4.75. The molecule has 0 aromatic heterocycles. The van der Waals surface area contributed by atoms with Gasteiger partial charge in [-0.1, -0.05) is 72.8 Å². The minimum absolute atomic E-state index is 0.0655. The topological polar surface area (TPSA) is 67.6 Å². The van der Waals surface area contributed by atoms with Crippen molar-refractivity contribution < 1.29 is 9.53 Å². The molecule has 0 atom stereocenters. The number of benzene rings is 3. The number of likely N-dealkylation sites (tertiary alicyclic amines) is 1. The van der Waals surface area contributed by atoms with Gasteiger partial charge in [0.15, 0.2) is 0 Å². The molecule has 3 N–H and O–H groups in total. The van der Waals surface area contributed by atoms with Crippen LogP contribution >= 0.6 is 0 Å². The molecule has 5 nitrogen and oxygen atoms in total. The van der Waals surface area contributed by atoms with Crippen molar-refractivity contribution in [3.05, 3.63) is 102 Å². The van der Waals surface area contributed by atoms with Crippen LogP contribution in [-0.4, -0.2) is 30.2 Å². The van der Waals surface area contributed by atoms with Crippen molar-refractivity contribution in [2.24, 2.45) is 0 Å². The first-order valence-corrected chi connectivity index (χ1v) is 10.8. The molecule has 31 heavy (non-hydrogen) atoms. The summed E-state index contributed by atoms with van der Waals surface area (Å²) in [6.45, 7) is 2.66. The van der Waals surface area contributed by atoms with Gasteiger partial charge in [0.05, 0.1) is 6.04 Å². The first-order valence-electron chi connectivity index (χ1n) is 10.8. The van der Waals surface area contributed by atoms with E-state index in [-0.39, 0.29) is 18.2 Å². The second kappa shape index (κ2) is 10.1. The summed E-state index contributed by atoms with van der Waals surface area (Å²) in [6, 6.07) is 27.7. The molecule has 1 heterocycles. The fraction of sp³-hybridized carbons (Fsp3) is 0.269. The van der Waals surface area contributed by atoms with E-state index in [1.165, 1.54) is 5.56 Å². The summed E-state index contributed by atoms with van der Waals surface area (Å²) in [5, 5.41) is 3.07. The maximum atomic E-state index is 12.7. The quantitative estimate of drug-likeness (QED) is 0.570. The molecule has 0 radical (unpaired) electrons. The standard InChI is InChI=1S/C26H29N3O2/c27-23-13-7-8-20(18-23)19-29-16-14-24(15-17-29)31-26(30)28-25(21-9-3-1-4-10-21)22-11-5-2-6-12-22/h1-13,18,24-25H,14-17,19,27H2,(H,28,30). The number of carbonyl (C=O) groups is 1. The van der Waals surface area contributed by atoms with E-state index < -0.39 is 0 Å². The lowest BCUT2D eigenvalue weighted by molar-refractivity contribution is 0.0476. The third-order valence-corrected chi connectivity index (χ3v) is 5.69. The summed E-state index contributed by atoms with van der Waals surface area (Å²) >= 11 is 0. The van der Waals surface area contributed by atoms with E-state index in [0.717, 1.165) is 49.3 Å². The molecule has 1 saturated heterocycles. The molecule has 0 spiro atoms. The summed E-state index contributed by atoms with van der Waals surface area (Å²) in [5.74, 6) is 0. The van der Waals surface area contributed by atoms with E-state index in [1.807, 2.05) is 78.9 Å². The Labute approximate surface area is 183 Å². The molecule has 0 aliphatic carbocycles. The van der Waals surface area contributed by atoms with Crippen LogP contribution in [0.15, 0.2) is 84.9 Å². The molecule has 1 fully saturated rings. The molecule has 0 saturated carbocycles. The lowest BCUT2D eigenvalue weighted by Gasteiger charge is -2.32. The van der Waals surface area contributed by atoms with Gasteiger partial charge in [-0.15, -0.1) is 0 Å². The number of ether oxygens (including phenoxy) is 1. The highest BCUT2D eigenvalue weighted by molar-refractivity contribution is 5.69. The van der Waals surface area contributed by atoms with Crippen molar-refractivity contribution in [3.63, 3.8) is 0 Å². The van der Waals surface area contributed by atoms with Gasteiger partial charge in [-0.05, 0) is 41.7 Å². The van der Waals surface area contributed by atoms with Crippen molar-refractivity contribution in [2.45, 2.75) is 31.5 Å².